The molecule has 1 heterocycles. The van der Waals surface area contributed by atoms with Gasteiger partial charge in [-0.2, -0.15) is 15.0 Å². The fourth-order valence-electron chi connectivity index (χ4n) is 3.07. The minimum absolute atomic E-state index is 0.0698. The number of carbonyl (C=O) groups is 1. The predicted octanol–water partition coefficient (Wildman–Crippen LogP) is 3.30. The minimum Gasteiger partial charge on any atom is -0.493 e. The van der Waals surface area contributed by atoms with Crippen molar-refractivity contribution >= 4 is 18.1 Å². The second kappa shape index (κ2) is 8.97. The van der Waals surface area contributed by atoms with Crippen LogP contribution in [0.5, 0.6) is 11.5 Å². The van der Waals surface area contributed by atoms with Gasteiger partial charge in [0.25, 0.3) is 5.56 Å². The Kier molecular flexibility index (Phi) is 6.17. The van der Waals surface area contributed by atoms with Crippen LogP contribution in [0.2, 0.25) is 0 Å². The molecular formula is C23H19N3O5. The van der Waals surface area contributed by atoms with Crippen LogP contribution in [-0.2, 0) is 0 Å². The van der Waals surface area contributed by atoms with E-state index < -0.39 is 17.2 Å². The van der Waals surface area contributed by atoms with E-state index in [1.165, 1.54) is 20.3 Å². The van der Waals surface area contributed by atoms with Gasteiger partial charge >= 0.3 is 5.97 Å². The summed E-state index contributed by atoms with van der Waals surface area (Å²) in [4.78, 5) is 24.9. The lowest BCUT2D eigenvalue weighted by Crippen LogP contribution is -2.28. The van der Waals surface area contributed by atoms with Gasteiger partial charge in [0.05, 0.1) is 19.9 Å². The zero-order chi connectivity index (χ0) is 22.5. The number of benzene rings is 2. The van der Waals surface area contributed by atoms with Crippen LogP contribution in [0.1, 0.15) is 32.7 Å². The fourth-order valence-corrected chi connectivity index (χ4v) is 3.07. The molecule has 0 aliphatic heterocycles. The normalized spacial score (nSPS) is 10.6. The Morgan fingerprint density at radius 2 is 1.84 bits per heavy atom. The van der Waals surface area contributed by atoms with Crippen LogP contribution in [0.25, 0.3) is 17.8 Å². The number of aromatic nitrogens is 2. The summed E-state index contributed by atoms with van der Waals surface area (Å²) in [6.45, 7) is 1.76. The van der Waals surface area contributed by atoms with E-state index in [9.17, 15) is 20.0 Å². The summed E-state index contributed by atoms with van der Waals surface area (Å²) in [5.74, 6) is -0.339. The third-order valence-corrected chi connectivity index (χ3v) is 4.64. The molecule has 2 aromatic carbocycles. The maximum atomic E-state index is 13.0. The van der Waals surface area contributed by atoms with Crippen molar-refractivity contribution in [2.75, 3.05) is 14.2 Å². The molecule has 0 bridgehead atoms. The standard InChI is InChI=1S/C23H19N3O5/c1-14-6-4-5-7-18(14)26-22(27)17(13-24)16(21(25-26)23(28)29)10-8-15-9-11-19(30-2)20(12-15)31-3/h4-12H,1-3H3,(H,28,29)/b10-8-. The molecule has 0 saturated carbocycles. The molecule has 0 atom stereocenters. The van der Waals surface area contributed by atoms with Crippen LogP contribution in [0.3, 0.4) is 0 Å². The third kappa shape index (κ3) is 4.16. The van der Waals surface area contributed by atoms with E-state index >= 15 is 0 Å². The highest BCUT2D eigenvalue weighted by Gasteiger charge is 2.21. The first-order valence-corrected chi connectivity index (χ1v) is 9.18. The van der Waals surface area contributed by atoms with E-state index in [-0.39, 0.29) is 11.1 Å². The lowest BCUT2D eigenvalue weighted by atomic mass is 10.1. The van der Waals surface area contributed by atoms with Gasteiger partial charge in [0, 0.05) is 5.56 Å². The first-order chi connectivity index (χ1) is 14.9. The molecule has 8 nitrogen and oxygen atoms in total. The molecule has 0 unspecified atom stereocenters. The number of aryl methyl sites for hydroxylation is 1. The Balaban J connectivity index is 2.19. The highest BCUT2D eigenvalue weighted by molar-refractivity contribution is 5.92. The van der Waals surface area contributed by atoms with Crippen molar-refractivity contribution in [2.45, 2.75) is 6.92 Å². The van der Waals surface area contributed by atoms with Crippen molar-refractivity contribution in [3.8, 4) is 23.3 Å². The average Bonchev–Trinajstić information content (AvgIpc) is 2.77. The van der Waals surface area contributed by atoms with Gasteiger partial charge in [0.15, 0.2) is 17.2 Å². The largest absolute Gasteiger partial charge is 0.493 e. The molecule has 0 aliphatic carbocycles. The monoisotopic (exact) mass is 417 g/mol. The zero-order valence-corrected chi connectivity index (χ0v) is 17.1. The topological polar surface area (TPSA) is 114 Å². The van der Waals surface area contributed by atoms with Crippen LogP contribution in [0.4, 0.5) is 0 Å². The number of aromatic carboxylic acids is 1. The average molecular weight is 417 g/mol. The Hall–Kier alpha value is -4.38. The smallest absolute Gasteiger partial charge is 0.357 e. The molecule has 8 heteroatoms. The number of hydrogen-bond acceptors (Lipinski definition) is 6. The second-order valence-corrected chi connectivity index (χ2v) is 6.51. The van der Waals surface area contributed by atoms with E-state index in [2.05, 4.69) is 5.10 Å². The van der Waals surface area contributed by atoms with Gasteiger partial charge in [-0.15, -0.1) is 0 Å². The Labute approximate surface area is 178 Å². The van der Waals surface area contributed by atoms with Crippen molar-refractivity contribution in [3.05, 3.63) is 80.8 Å². The van der Waals surface area contributed by atoms with Gasteiger partial charge in [0.2, 0.25) is 0 Å². The highest BCUT2D eigenvalue weighted by Crippen LogP contribution is 2.28. The Morgan fingerprint density at radius 1 is 1.13 bits per heavy atom. The van der Waals surface area contributed by atoms with Crippen LogP contribution in [0.15, 0.2) is 47.3 Å². The number of hydrogen-bond donors (Lipinski definition) is 1. The van der Waals surface area contributed by atoms with E-state index in [0.29, 0.717) is 28.3 Å². The van der Waals surface area contributed by atoms with E-state index in [0.717, 1.165) is 4.68 Å². The predicted molar refractivity (Wildman–Crippen MR) is 115 cm³/mol. The van der Waals surface area contributed by atoms with E-state index in [4.69, 9.17) is 9.47 Å². The molecular weight excluding hydrogens is 398 g/mol. The molecule has 0 amide bonds. The lowest BCUT2D eigenvalue weighted by molar-refractivity contribution is 0.0688. The number of nitriles is 1. The molecule has 0 aliphatic rings. The molecule has 31 heavy (non-hydrogen) atoms. The van der Waals surface area contributed by atoms with Crippen molar-refractivity contribution in [1.29, 1.82) is 5.26 Å². The summed E-state index contributed by atoms with van der Waals surface area (Å²) in [6, 6.07) is 13.8. The van der Waals surface area contributed by atoms with Gasteiger partial charge in [-0.25, -0.2) is 4.79 Å². The lowest BCUT2D eigenvalue weighted by Gasteiger charge is -2.11. The highest BCUT2D eigenvalue weighted by atomic mass is 16.5. The van der Waals surface area contributed by atoms with Gasteiger partial charge in [0.1, 0.15) is 11.6 Å². The van der Waals surface area contributed by atoms with Crippen LogP contribution < -0.4 is 15.0 Å². The summed E-state index contributed by atoms with van der Waals surface area (Å²) >= 11 is 0. The Bertz CT molecular complexity index is 1290. The first-order valence-electron chi connectivity index (χ1n) is 9.18. The van der Waals surface area contributed by atoms with Crippen molar-refractivity contribution in [3.63, 3.8) is 0 Å². The zero-order valence-electron chi connectivity index (χ0n) is 17.1. The minimum atomic E-state index is -1.36. The maximum absolute atomic E-state index is 13.0. The summed E-state index contributed by atoms with van der Waals surface area (Å²) < 4.78 is 11.4. The van der Waals surface area contributed by atoms with Gasteiger partial charge < -0.3 is 14.6 Å². The summed E-state index contributed by atoms with van der Waals surface area (Å²) in [7, 11) is 3.01. The molecule has 0 saturated heterocycles. The quantitative estimate of drug-likeness (QED) is 0.654. The molecule has 156 valence electrons. The number of para-hydroxylation sites is 1. The SMILES string of the molecule is COc1ccc(/C=C\c2c(C(=O)O)nn(-c3ccccc3C)c(=O)c2C#N)cc1OC. The number of ether oxygens (including phenoxy) is 2. The van der Waals surface area contributed by atoms with Crippen molar-refractivity contribution in [1.82, 2.24) is 9.78 Å². The van der Waals surface area contributed by atoms with Crippen molar-refractivity contribution < 1.29 is 19.4 Å². The third-order valence-electron chi connectivity index (χ3n) is 4.64. The molecule has 3 aromatic rings. The van der Waals surface area contributed by atoms with Gasteiger partial charge in [-0.1, -0.05) is 36.4 Å². The van der Waals surface area contributed by atoms with E-state index in [1.54, 1.807) is 55.5 Å². The molecule has 1 aromatic heterocycles. The second-order valence-electron chi connectivity index (χ2n) is 6.51. The maximum Gasteiger partial charge on any atom is 0.357 e. The number of methoxy groups -OCH3 is 2. The van der Waals surface area contributed by atoms with Crippen LogP contribution in [0, 0.1) is 18.3 Å². The first kappa shape index (κ1) is 21.3. The number of nitrogens with zero attached hydrogens (tertiary/aromatic N) is 3. The number of carboxylic acids is 1. The molecule has 0 fully saturated rings. The van der Waals surface area contributed by atoms with Crippen molar-refractivity contribution in [2.24, 2.45) is 0 Å². The summed E-state index contributed by atoms with van der Waals surface area (Å²) in [6.07, 6.45) is 2.96. The molecule has 0 radical (unpaired) electrons. The summed E-state index contributed by atoms with van der Waals surface area (Å²) in [5.41, 5.74) is 0.283. The molecule has 1 N–H and O–H groups in total. The van der Waals surface area contributed by atoms with Crippen LogP contribution in [-0.4, -0.2) is 35.1 Å². The van der Waals surface area contributed by atoms with Gasteiger partial charge in [-0.05, 0) is 36.2 Å². The molecule has 0 spiro atoms. The fraction of sp³-hybridized carbons (Fsp3) is 0.130. The van der Waals surface area contributed by atoms with E-state index in [1.807, 2.05) is 6.07 Å². The van der Waals surface area contributed by atoms with Gasteiger partial charge in [-0.3, -0.25) is 4.79 Å². The summed E-state index contributed by atoms with van der Waals surface area (Å²) in [5, 5.41) is 23.4. The molecule has 3 rings (SSSR count). The number of carboxylic acid groups (broad SMARTS) is 1. The Morgan fingerprint density at radius 3 is 2.45 bits per heavy atom. The van der Waals surface area contributed by atoms with Crippen LogP contribution >= 0.6 is 0 Å². The number of rotatable bonds is 6.